The molecule has 0 aliphatic heterocycles. The number of carboxylic acid groups (broad SMARTS) is 2. The maximum atomic E-state index is 14.6. The van der Waals surface area contributed by atoms with Crippen LogP contribution < -0.4 is 4.74 Å². The van der Waals surface area contributed by atoms with Crippen LogP contribution in [0.2, 0.25) is 0 Å². The van der Waals surface area contributed by atoms with Crippen molar-refractivity contribution >= 4 is 34.8 Å². The van der Waals surface area contributed by atoms with Gasteiger partial charge in [0.2, 0.25) is 5.88 Å². The molecule has 9 aromatic heterocycles. The molecule has 0 aliphatic carbocycles. The van der Waals surface area contributed by atoms with Crippen LogP contribution in [0.5, 0.6) is 5.88 Å². The lowest BCUT2D eigenvalue weighted by atomic mass is 10.1. The normalized spacial score (nSPS) is 11.3. The minimum atomic E-state index is -1.30. The van der Waals surface area contributed by atoms with Gasteiger partial charge in [0.1, 0.15) is 51.9 Å². The number of esters is 1. The first-order valence-corrected chi connectivity index (χ1v) is 33.6. The number of carbonyl (C=O) groups is 3. The van der Waals surface area contributed by atoms with Crippen LogP contribution in [0.25, 0.3) is 50.7 Å². The van der Waals surface area contributed by atoms with E-state index in [0.717, 1.165) is 57.5 Å². The van der Waals surface area contributed by atoms with Gasteiger partial charge < -0.3 is 28.2 Å². The molecule has 0 unspecified atom stereocenters. The lowest BCUT2D eigenvalue weighted by molar-refractivity contribution is -0.137. The number of imidazole rings is 3. The fourth-order valence-corrected chi connectivity index (χ4v) is 12.5. The molecule has 0 aliphatic rings. The highest BCUT2D eigenvalue weighted by molar-refractivity contribution is 5.74. The zero-order chi connectivity index (χ0) is 75.3. The minimum absolute atomic E-state index is 0.0112. The zero-order valence-corrected chi connectivity index (χ0v) is 58.0. The number of aryl methyl sites for hydroxylation is 4. The molecular formula is C82H64F7N9O9. The standard InChI is InChI=1S/2C28H23F2N3O3.C26H18F3N3O3/c1-16-12-21(35-17(16)2)14-24-28(36-18(3)34)33-15-25(19-8-5-4-6-9-19)31-23(27(33)32-24)13-20-10-7-11-22(29)26(20)30;1-16-8-22(36-17(16)2)13-23-26(14-27(34)35)33-15-25(19-6-4-3-5-7-19)31-24(28(33)32-23)11-18-9-20(29)12-21(30)10-18;27-17-9-16(25(29)19(28)11-17)10-21-26-31-20(12-18-7-4-8-35-18)23(13-24(33)34)32(26)14-22(30-21)15-5-2-1-3-6-15/h4-12,15H,13-14H2,1-3H3;3-10,12,15H,11,13-14H2,1-2H3,(H,34,35);1-9,11,14H,10,12-13H2,(H,33,34). The van der Waals surface area contributed by atoms with E-state index in [1.807, 2.05) is 131 Å². The summed E-state index contributed by atoms with van der Waals surface area (Å²) in [6, 6.07) is 44.0. The first kappa shape index (κ1) is 72.3. The van der Waals surface area contributed by atoms with Crippen LogP contribution in [0, 0.1) is 68.4 Å². The first-order valence-electron chi connectivity index (χ1n) is 33.6. The number of hydrogen-bond acceptors (Lipinski definition) is 13. The fourth-order valence-electron chi connectivity index (χ4n) is 12.5. The molecule has 9 heterocycles. The highest BCUT2D eigenvalue weighted by atomic mass is 19.2. The number of carboxylic acids is 2. The smallest absolute Gasteiger partial charge is 0.309 e. The van der Waals surface area contributed by atoms with E-state index in [-0.39, 0.29) is 73.3 Å². The van der Waals surface area contributed by atoms with Gasteiger partial charge in [-0.15, -0.1) is 0 Å². The van der Waals surface area contributed by atoms with E-state index in [1.54, 1.807) is 43.9 Å². The summed E-state index contributed by atoms with van der Waals surface area (Å²) in [5.74, 6) is -5.49. The molecule has 2 N–H and O–H groups in total. The third kappa shape index (κ3) is 16.5. The van der Waals surface area contributed by atoms with Crippen molar-refractivity contribution in [3.05, 3.63) is 332 Å². The number of aromatic nitrogens is 9. The van der Waals surface area contributed by atoms with Crippen molar-refractivity contribution in [1.82, 2.24) is 43.1 Å². The Labute approximate surface area is 605 Å². The lowest BCUT2D eigenvalue weighted by Gasteiger charge is -2.10. The molecule has 0 fully saturated rings. The van der Waals surface area contributed by atoms with Crippen LogP contribution in [-0.2, 0) is 65.8 Å². The highest BCUT2D eigenvalue weighted by Gasteiger charge is 2.27. The number of ether oxygens (including phenoxy) is 1. The van der Waals surface area contributed by atoms with E-state index < -0.39 is 58.6 Å². The van der Waals surface area contributed by atoms with Crippen molar-refractivity contribution in [2.75, 3.05) is 0 Å². The Morgan fingerprint density at radius 1 is 0.421 bits per heavy atom. The van der Waals surface area contributed by atoms with E-state index in [9.17, 15) is 55.3 Å². The summed E-state index contributed by atoms with van der Waals surface area (Å²) in [6.45, 7) is 8.94. The molecule has 107 heavy (non-hydrogen) atoms. The maximum absolute atomic E-state index is 14.6. The van der Waals surface area contributed by atoms with Gasteiger partial charge in [-0.05, 0) is 104 Å². The molecule has 15 aromatic rings. The number of aliphatic carboxylic acids is 2. The second-order valence-corrected chi connectivity index (χ2v) is 25.4. The van der Waals surface area contributed by atoms with E-state index in [0.29, 0.717) is 104 Å². The summed E-state index contributed by atoms with van der Waals surface area (Å²) in [7, 11) is 0. The molecule has 6 aromatic carbocycles. The summed E-state index contributed by atoms with van der Waals surface area (Å²) in [6.07, 6.45) is 6.69. The quantitative estimate of drug-likeness (QED) is 0.0410. The van der Waals surface area contributed by atoms with Gasteiger partial charge in [0.05, 0.1) is 95.3 Å². The Morgan fingerprint density at radius 2 is 0.860 bits per heavy atom. The Kier molecular flexibility index (Phi) is 21.0. The SMILES string of the molecule is CC(=O)Oc1c(Cc2cc(C)c(C)o2)nc2c(Cc3cccc(F)c3F)nc(-c3ccccc3)cn12.Cc1cc(Cc2nc3c(Cc4cc(F)cc(F)c4)nc(-c4ccccc4)cn3c2CC(=O)O)oc1C.O=C(O)Cc1c(Cc2ccco2)nc2c(Cc3cc(F)cc(F)c3F)nc(-c3ccccc3)cn12. The fraction of sp³-hybridized carbons (Fsp3) is 0.159. The summed E-state index contributed by atoms with van der Waals surface area (Å²) >= 11 is 0. The van der Waals surface area contributed by atoms with Gasteiger partial charge in [-0.2, -0.15) is 0 Å². The Hall–Kier alpha value is -13.1. The van der Waals surface area contributed by atoms with Crippen molar-refractivity contribution in [3.63, 3.8) is 0 Å². The second kappa shape index (κ2) is 31.1. The molecule has 0 saturated heterocycles. The van der Waals surface area contributed by atoms with Crippen LogP contribution in [0.4, 0.5) is 30.7 Å². The third-order valence-electron chi connectivity index (χ3n) is 17.7. The largest absolute Gasteiger partial charge is 0.481 e. The first-order chi connectivity index (χ1) is 51.4. The number of nitrogens with zero attached hydrogens (tertiary/aromatic N) is 9. The molecule has 0 radical (unpaired) electrons. The van der Waals surface area contributed by atoms with Gasteiger partial charge >= 0.3 is 17.9 Å². The van der Waals surface area contributed by atoms with Crippen LogP contribution in [-0.4, -0.2) is 71.2 Å². The molecule has 18 nitrogen and oxygen atoms in total. The molecule has 15 rings (SSSR count). The average Bonchev–Trinajstić information content (AvgIpc) is 1.64. The maximum Gasteiger partial charge on any atom is 0.309 e. The van der Waals surface area contributed by atoms with Gasteiger partial charge in [0.15, 0.2) is 40.2 Å². The number of benzene rings is 6. The summed E-state index contributed by atoms with van der Waals surface area (Å²) in [4.78, 5) is 63.8. The van der Waals surface area contributed by atoms with Gasteiger partial charge in [-0.1, -0.05) is 103 Å². The van der Waals surface area contributed by atoms with Crippen molar-refractivity contribution in [2.45, 2.75) is 86.0 Å². The molecule has 0 spiro atoms. The Balaban J connectivity index is 0.000000142. The lowest BCUT2D eigenvalue weighted by Crippen LogP contribution is -2.08. The number of fused-ring (bicyclic) bond motifs is 3. The Morgan fingerprint density at radius 3 is 1.33 bits per heavy atom. The van der Waals surface area contributed by atoms with Crippen LogP contribution in [0.1, 0.15) is 109 Å². The summed E-state index contributed by atoms with van der Waals surface area (Å²) in [5.41, 5.74) is 10.9. The van der Waals surface area contributed by atoms with Crippen molar-refractivity contribution in [1.29, 1.82) is 0 Å². The monoisotopic (exact) mass is 1450 g/mol. The number of hydrogen-bond donors (Lipinski definition) is 2. The average molecular weight is 1450 g/mol. The topological polar surface area (TPSA) is 231 Å². The van der Waals surface area contributed by atoms with Gasteiger partial charge in [-0.25, -0.2) is 60.6 Å². The molecule has 540 valence electrons. The van der Waals surface area contributed by atoms with Gasteiger partial charge in [0.25, 0.3) is 0 Å². The minimum Gasteiger partial charge on any atom is -0.481 e. The van der Waals surface area contributed by atoms with E-state index in [4.69, 9.17) is 37.9 Å². The predicted octanol–water partition coefficient (Wildman–Crippen LogP) is 16.9. The van der Waals surface area contributed by atoms with Crippen molar-refractivity contribution in [3.8, 4) is 39.7 Å². The molecule has 0 amide bonds. The van der Waals surface area contributed by atoms with E-state index in [1.165, 1.54) is 37.5 Å². The number of rotatable bonds is 20. The van der Waals surface area contributed by atoms with E-state index in [2.05, 4.69) is 9.97 Å². The molecular weight excluding hydrogens is 1390 g/mol. The van der Waals surface area contributed by atoms with Crippen molar-refractivity contribution in [2.24, 2.45) is 0 Å². The second-order valence-electron chi connectivity index (χ2n) is 25.4. The van der Waals surface area contributed by atoms with Gasteiger partial charge in [-0.3, -0.25) is 27.6 Å². The predicted molar refractivity (Wildman–Crippen MR) is 380 cm³/mol. The molecule has 0 atom stereocenters. The van der Waals surface area contributed by atoms with Crippen LogP contribution in [0.3, 0.4) is 0 Å². The number of halogens is 7. The summed E-state index contributed by atoms with van der Waals surface area (Å²) in [5, 5.41) is 19.2. The van der Waals surface area contributed by atoms with Crippen LogP contribution in [0.15, 0.2) is 202 Å². The highest BCUT2D eigenvalue weighted by Crippen LogP contribution is 2.34. The summed E-state index contributed by atoms with van der Waals surface area (Å²) < 4.78 is 126. The van der Waals surface area contributed by atoms with Crippen LogP contribution >= 0.6 is 0 Å². The molecule has 0 bridgehead atoms. The molecule has 0 saturated carbocycles. The Bertz CT molecular complexity index is 5780. The molecule has 25 heteroatoms. The van der Waals surface area contributed by atoms with E-state index >= 15 is 0 Å². The third-order valence-corrected chi connectivity index (χ3v) is 17.7. The van der Waals surface area contributed by atoms with Crippen molar-refractivity contribution < 1.29 is 73.3 Å². The number of furan rings is 3. The zero-order valence-electron chi connectivity index (χ0n) is 58.0. The number of carbonyl (C=O) groups excluding carboxylic acids is 1. The van der Waals surface area contributed by atoms with Gasteiger partial charge in [0, 0.05) is 73.6 Å².